The molecule has 0 bridgehead atoms. The Morgan fingerprint density at radius 1 is 1.20 bits per heavy atom. The normalized spacial score (nSPS) is 10.3. The molecule has 0 unspecified atom stereocenters. The van der Waals surface area contributed by atoms with Crippen molar-refractivity contribution in [2.45, 2.75) is 16.8 Å². The van der Waals surface area contributed by atoms with Gasteiger partial charge in [0.15, 0.2) is 0 Å². The van der Waals surface area contributed by atoms with E-state index in [9.17, 15) is 0 Å². The summed E-state index contributed by atoms with van der Waals surface area (Å²) in [5.74, 6) is 0. The van der Waals surface area contributed by atoms with Crippen LogP contribution in [0, 0.1) is 10.5 Å². The second-order valence-electron chi connectivity index (χ2n) is 3.09. The highest BCUT2D eigenvalue weighted by molar-refractivity contribution is 14.1. The summed E-state index contributed by atoms with van der Waals surface area (Å²) in [5.41, 5.74) is 1.27. The molecule has 2 nitrogen and oxygen atoms in total. The molecule has 4 heteroatoms. The van der Waals surface area contributed by atoms with Gasteiger partial charge in [-0.25, -0.2) is 9.97 Å². The number of halogens is 1. The Bertz CT molecular complexity index is 456. The summed E-state index contributed by atoms with van der Waals surface area (Å²) in [6.45, 7) is 2.09. The van der Waals surface area contributed by atoms with Gasteiger partial charge in [0, 0.05) is 11.1 Å². The fourth-order valence-electron chi connectivity index (χ4n) is 1.09. The fraction of sp³-hybridized carbons (Fsp3) is 0.0909. The van der Waals surface area contributed by atoms with E-state index in [1.165, 1.54) is 10.5 Å². The van der Waals surface area contributed by atoms with Crippen LogP contribution in [-0.2, 0) is 0 Å². The van der Waals surface area contributed by atoms with Crippen molar-refractivity contribution in [2.24, 2.45) is 0 Å². The molecule has 0 aliphatic heterocycles. The maximum atomic E-state index is 4.24. The Balaban J connectivity index is 2.22. The monoisotopic (exact) mass is 328 g/mol. The lowest BCUT2D eigenvalue weighted by Gasteiger charge is -2.02. The number of rotatable bonds is 2. The summed E-state index contributed by atoms with van der Waals surface area (Å²) < 4.78 is 1.08. The van der Waals surface area contributed by atoms with Crippen LogP contribution in [-0.4, -0.2) is 9.97 Å². The highest BCUT2D eigenvalue weighted by Gasteiger charge is 2.02. The SMILES string of the molecule is Cc1ccc(Sc2ncncc2I)cc1. The maximum Gasteiger partial charge on any atom is 0.118 e. The zero-order valence-corrected chi connectivity index (χ0v) is 11.1. The molecule has 0 N–H and O–H groups in total. The molecule has 1 aromatic heterocycles. The van der Waals surface area contributed by atoms with Crippen LogP contribution in [0.3, 0.4) is 0 Å². The quantitative estimate of drug-likeness (QED) is 0.623. The predicted molar refractivity (Wildman–Crippen MR) is 70.1 cm³/mol. The van der Waals surface area contributed by atoms with E-state index in [0.717, 1.165) is 8.60 Å². The number of aryl methyl sites for hydroxylation is 1. The van der Waals surface area contributed by atoms with Gasteiger partial charge in [-0.2, -0.15) is 0 Å². The van der Waals surface area contributed by atoms with Crippen LogP contribution in [0.4, 0.5) is 0 Å². The third-order valence-corrected chi connectivity index (χ3v) is 4.05. The van der Waals surface area contributed by atoms with E-state index in [0.29, 0.717) is 0 Å². The lowest BCUT2D eigenvalue weighted by Crippen LogP contribution is -1.86. The summed E-state index contributed by atoms with van der Waals surface area (Å²) in [7, 11) is 0. The standard InChI is InChI=1S/C11H9IN2S/c1-8-2-4-9(5-3-8)15-11-10(12)6-13-7-14-11/h2-7H,1H3. The van der Waals surface area contributed by atoms with Gasteiger partial charge >= 0.3 is 0 Å². The summed E-state index contributed by atoms with van der Waals surface area (Å²) in [6, 6.07) is 8.43. The van der Waals surface area contributed by atoms with Crippen LogP contribution in [0.5, 0.6) is 0 Å². The van der Waals surface area contributed by atoms with Crippen LogP contribution < -0.4 is 0 Å². The summed E-state index contributed by atoms with van der Waals surface area (Å²) in [4.78, 5) is 9.41. The first-order chi connectivity index (χ1) is 7.25. The second kappa shape index (κ2) is 4.94. The third-order valence-electron chi connectivity index (χ3n) is 1.87. The number of nitrogens with zero attached hydrogens (tertiary/aromatic N) is 2. The van der Waals surface area contributed by atoms with E-state index in [4.69, 9.17) is 0 Å². The number of hydrogen-bond acceptors (Lipinski definition) is 3. The summed E-state index contributed by atoms with van der Waals surface area (Å²) >= 11 is 3.91. The largest absolute Gasteiger partial charge is 0.244 e. The molecule has 1 aromatic carbocycles. The van der Waals surface area contributed by atoms with Crippen LogP contribution in [0.15, 0.2) is 46.7 Å². The van der Waals surface area contributed by atoms with Crippen molar-refractivity contribution in [3.05, 3.63) is 45.9 Å². The molecule has 0 amide bonds. The lowest BCUT2D eigenvalue weighted by molar-refractivity contribution is 1.02. The first-order valence-corrected chi connectivity index (χ1v) is 6.35. The van der Waals surface area contributed by atoms with Crippen molar-refractivity contribution in [1.29, 1.82) is 0 Å². The first kappa shape index (κ1) is 10.9. The van der Waals surface area contributed by atoms with Crippen molar-refractivity contribution in [1.82, 2.24) is 9.97 Å². The molecule has 1 heterocycles. The number of hydrogen-bond donors (Lipinski definition) is 0. The molecular formula is C11H9IN2S. The molecular weight excluding hydrogens is 319 g/mol. The van der Waals surface area contributed by atoms with Gasteiger partial charge < -0.3 is 0 Å². The van der Waals surface area contributed by atoms with Gasteiger partial charge in [-0.1, -0.05) is 29.5 Å². The third kappa shape index (κ3) is 2.92. The Kier molecular flexibility index (Phi) is 3.58. The highest BCUT2D eigenvalue weighted by Crippen LogP contribution is 2.28. The van der Waals surface area contributed by atoms with Crippen molar-refractivity contribution in [3.8, 4) is 0 Å². The molecule has 0 fully saturated rings. The second-order valence-corrected chi connectivity index (χ2v) is 5.32. The Labute approximate surface area is 107 Å². The van der Waals surface area contributed by atoms with Crippen molar-refractivity contribution in [3.63, 3.8) is 0 Å². The average Bonchev–Trinajstić information content (AvgIpc) is 2.25. The van der Waals surface area contributed by atoms with Gasteiger partial charge in [0.25, 0.3) is 0 Å². The number of aromatic nitrogens is 2. The van der Waals surface area contributed by atoms with Gasteiger partial charge in [-0.15, -0.1) is 0 Å². The minimum atomic E-state index is 1.01. The average molecular weight is 328 g/mol. The molecule has 2 aromatic rings. The van der Waals surface area contributed by atoms with Gasteiger partial charge in [0.2, 0.25) is 0 Å². The topological polar surface area (TPSA) is 25.8 Å². The molecule has 0 atom stereocenters. The van der Waals surface area contributed by atoms with Crippen LogP contribution in [0.2, 0.25) is 0 Å². The zero-order chi connectivity index (χ0) is 10.7. The predicted octanol–water partition coefficient (Wildman–Crippen LogP) is 3.54. The Hall–Kier alpha value is -0.620. The van der Waals surface area contributed by atoms with Crippen LogP contribution in [0.1, 0.15) is 5.56 Å². The number of benzene rings is 1. The van der Waals surface area contributed by atoms with Crippen molar-refractivity contribution < 1.29 is 0 Å². The van der Waals surface area contributed by atoms with E-state index in [1.807, 2.05) is 6.20 Å². The molecule has 15 heavy (non-hydrogen) atoms. The Morgan fingerprint density at radius 2 is 1.93 bits per heavy atom. The molecule has 2 rings (SSSR count). The van der Waals surface area contributed by atoms with Gasteiger partial charge in [0.05, 0.1) is 3.57 Å². The lowest BCUT2D eigenvalue weighted by atomic mass is 10.2. The van der Waals surface area contributed by atoms with Crippen LogP contribution >= 0.6 is 34.4 Å². The van der Waals surface area contributed by atoms with E-state index in [-0.39, 0.29) is 0 Å². The first-order valence-electron chi connectivity index (χ1n) is 4.46. The highest BCUT2D eigenvalue weighted by atomic mass is 127. The van der Waals surface area contributed by atoms with Gasteiger partial charge in [-0.05, 0) is 41.6 Å². The Morgan fingerprint density at radius 3 is 2.60 bits per heavy atom. The van der Waals surface area contributed by atoms with Gasteiger partial charge in [0.1, 0.15) is 11.4 Å². The molecule has 0 aliphatic carbocycles. The van der Waals surface area contributed by atoms with E-state index >= 15 is 0 Å². The molecule has 0 radical (unpaired) electrons. The van der Waals surface area contributed by atoms with Gasteiger partial charge in [-0.3, -0.25) is 0 Å². The van der Waals surface area contributed by atoms with Crippen molar-refractivity contribution >= 4 is 34.4 Å². The maximum absolute atomic E-state index is 4.24. The summed E-state index contributed by atoms with van der Waals surface area (Å²) in [5, 5.41) is 1.01. The van der Waals surface area contributed by atoms with Crippen LogP contribution in [0.25, 0.3) is 0 Å². The summed E-state index contributed by atoms with van der Waals surface area (Å²) in [6.07, 6.45) is 3.41. The van der Waals surface area contributed by atoms with E-state index in [2.05, 4.69) is 63.7 Å². The molecule has 0 aliphatic rings. The minimum Gasteiger partial charge on any atom is -0.244 e. The zero-order valence-electron chi connectivity index (χ0n) is 8.14. The molecule has 0 spiro atoms. The fourth-order valence-corrected chi connectivity index (χ4v) is 2.47. The molecule has 0 saturated heterocycles. The molecule has 76 valence electrons. The molecule has 0 saturated carbocycles. The van der Waals surface area contributed by atoms with Crippen molar-refractivity contribution in [2.75, 3.05) is 0 Å². The minimum absolute atomic E-state index is 1.01. The smallest absolute Gasteiger partial charge is 0.118 e. The van der Waals surface area contributed by atoms with E-state index < -0.39 is 0 Å². The van der Waals surface area contributed by atoms with E-state index in [1.54, 1.807) is 18.1 Å².